The lowest BCUT2D eigenvalue weighted by atomic mass is 10.0. The van der Waals surface area contributed by atoms with Gasteiger partial charge in [-0.1, -0.05) is 36.4 Å². The van der Waals surface area contributed by atoms with Gasteiger partial charge in [0.15, 0.2) is 0 Å². The number of para-hydroxylation sites is 1. The molecule has 0 amide bonds. The van der Waals surface area contributed by atoms with Crippen molar-refractivity contribution < 1.29 is 14.3 Å². The van der Waals surface area contributed by atoms with E-state index < -0.39 is 11.6 Å². The first kappa shape index (κ1) is 11.5. The van der Waals surface area contributed by atoms with Crippen molar-refractivity contribution in [1.29, 1.82) is 0 Å². The number of carbonyl (C=O) groups is 1. The number of hydrogen-bond acceptors (Lipinski definition) is 3. The topological polar surface area (TPSA) is 67.5 Å². The molecule has 4 heteroatoms. The van der Waals surface area contributed by atoms with Crippen LogP contribution in [0.25, 0.3) is 21.7 Å². The van der Waals surface area contributed by atoms with Gasteiger partial charge in [0.25, 0.3) is 0 Å². The molecule has 1 N–H and O–H groups in total. The van der Waals surface area contributed by atoms with Crippen LogP contribution in [0, 0.1) is 0 Å². The molecule has 0 saturated heterocycles. The zero-order valence-electron chi connectivity index (χ0n) is 9.92. The summed E-state index contributed by atoms with van der Waals surface area (Å²) < 4.78 is 5.25. The molecule has 0 unspecified atom stereocenters. The van der Waals surface area contributed by atoms with E-state index in [0.717, 1.165) is 10.8 Å². The molecule has 0 atom stereocenters. The molecule has 4 nitrogen and oxygen atoms in total. The Morgan fingerprint density at radius 3 is 2.58 bits per heavy atom. The highest BCUT2D eigenvalue weighted by atomic mass is 16.4. The van der Waals surface area contributed by atoms with Gasteiger partial charge in [-0.15, -0.1) is 0 Å². The van der Waals surface area contributed by atoms with Crippen LogP contribution in [0.4, 0.5) is 0 Å². The SMILES string of the molecule is O=C(O)Cc1cccc2c1c(=O)oc1ccccc12. The molecule has 0 fully saturated rings. The molecule has 1 aromatic heterocycles. The number of benzene rings is 2. The fourth-order valence-corrected chi connectivity index (χ4v) is 2.30. The quantitative estimate of drug-likeness (QED) is 0.563. The third-order valence-corrected chi connectivity index (χ3v) is 3.08. The van der Waals surface area contributed by atoms with Crippen LogP contribution >= 0.6 is 0 Å². The van der Waals surface area contributed by atoms with E-state index in [0.29, 0.717) is 16.5 Å². The Bertz CT molecular complexity index is 846. The van der Waals surface area contributed by atoms with Gasteiger partial charge in [0.1, 0.15) is 5.58 Å². The van der Waals surface area contributed by atoms with Gasteiger partial charge in [-0.3, -0.25) is 4.79 Å². The Labute approximate surface area is 107 Å². The number of carboxylic acids is 1. The van der Waals surface area contributed by atoms with Crippen LogP contribution < -0.4 is 5.63 Å². The molecule has 0 aliphatic carbocycles. The Hall–Kier alpha value is -2.62. The highest BCUT2D eigenvalue weighted by molar-refractivity contribution is 6.05. The molecule has 0 aliphatic heterocycles. The predicted octanol–water partition coefficient (Wildman–Crippen LogP) is 2.57. The van der Waals surface area contributed by atoms with Gasteiger partial charge in [-0.2, -0.15) is 0 Å². The summed E-state index contributed by atoms with van der Waals surface area (Å²) in [4.78, 5) is 22.9. The van der Waals surface area contributed by atoms with Crippen LogP contribution in [0.1, 0.15) is 5.56 Å². The lowest BCUT2D eigenvalue weighted by Crippen LogP contribution is -2.07. The van der Waals surface area contributed by atoms with Gasteiger partial charge >= 0.3 is 11.6 Å². The Balaban J connectivity index is 2.47. The molecule has 0 spiro atoms. The molecule has 2 aromatic carbocycles. The van der Waals surface area contributed by atoms with E-state index in [9.17, 15) is 9.59 Å². The minimum absolute atomic E-state index is 0.194. The summed E-state index contributed by atoms with van der Waals surface area (Å²) in [5.74, 6) is -0.972. The third kappa shape index (κ3) is 1.87. The van der Waals surface area contributed by atoms with E-state index >= 15 is 0 Å². The number of fused-ring (bicyclic) bond motifs is 3. The molecule has 0 saturated carbocycles. The summed E-state index contributed by atoms with van der Waals surface area (Å²) in [6.07, 6.45) is -0.194. The van der Waals surface area contributed by atoms with Crippen molar-refractivity contribution in [1.82, 2.24) is 0 Å². The Kier molecular flexibility index (Phi) is 2.56. The fraction of sp³-hybridized carbons (Fsp3) is 0.0667. The molecule has 0 aliphatic rings. The lowest BCUT2D eigenvalue weighted by molar-refractivity contribution is -0.136. The van der Waals surface area contributed by atoms with E-state index in [2.05, 4.69) is 0 Å². The largest absolute Gasteiger partial charge is 0.481 e. The van der Waals surface area contributed by atoms with E-state index in [-0.39, 0.29) is 6.42 Å². The summed E-state index contributed by atoms with van der Waals surface area (Å²) in [6, 6.07) is 12.4. The van der Waals surface area contributed by atoms with Crippen LogP contribution in [0.3, 0.4) is 0 Å². The van der Waals surface area contributed by atoms with Crippen molar-refractivity contribution in [2.75, 3.05) is 0 Å². The van der Waals surface area contributed by atoms with Crippen molar-refractivity contribution in [2.45, 2.75) is 6.42 Å². The highest BCUT2D eigenvalue weighted by Crippen LogP contribution is 2.24. The number of aliphatic carboxylic acids is 1. The standard InChI is InChI=1S/C15H10O4/c16-13(17)8-9-4-3-6-11-10-5-1-2-7-12(10)19-15(18)14(9)11/h1-7H,8H2,(H,16,17). The average molecular weight is 254 g/mol. The first-order chi connectivity index (χ1) is 9.16. The maximum Gasteiger partial charge on any atom is 0.344 e. The summed E-state index contributed by atoms with van der Waals surface area (Å²) in [6.45, 7) is 0. The van der Waals surface area contributed by atoms with Crippen molar-refractivity contribution in [3.8, 4) is 0 Å². The molecular formula is C15H10O4. The minimum Gasteiger partial charge on any atom is -0.481 e. The second-order valence-electron chi connectivity index (χ2n) is 4.30. The maximum atomic E-state index is 12.0. The zero-order valence-corrected chi connectivity index (χ0v) is 9.92. The molecular weight excluding hydrogens is 244 g/mol. The van der Waals surface area contributed by atoms with Crippen LogP contribution in [0.15, 0.2) is 51.7 Å². The Morgan fingerprint density at radius 1 is 1.05 bits per heavy atom. The molecule has 3 rings (SSSR count). The Morgan fingerprint density at radius 2 is 1.79 bits per heavy atom. The van der Waals surface area contributed by atoms with Crippen molar-refractivity contribution in [2.24, 2.45) is 0 Å². The lowest BCUT2D eigenvalue weighted by Gasteiger charge is -2.05. The number of hydrogen-bond donors (Lipinski definition) is 1. The average Bonchev–Trinajstić information content (AvgIpc) is 2.38. The van der Waals surface area contributed by atoms with Gasteiger partial charge in [0, 0.05) is 10.8 Å². The monoisotopic (exact) mass is 254 g/mol. The van der Waals surface area contributed by atoms with Crippen molar-refractivity contribution >= 4 is 27.7 Å². The van der Waals surface area contributed by atoms with Crippen LogP contribution in [-0.4, -0.2) is 11.1 Å². The van der Waals surface area contributed by atoms with Gasteiger partial charge < -0.3 is 9.52 Å². The van der Waals surface area contributed by atoms with Gasteiger partial charge in [0.05, 0.1) is 11.8 Å². The van der Waals surface area contributed by atoms with E-state index in [1.165, 1.54) is 0 Å². The van der Waals surface area contributed by atoms with Crippen LogP contribution in [0.5, 0.6) is 0 Å². The first-order valence-corrected chi connectivity index (χ1v) is 5.82. The number of carboxylic acid groups (broad SMARTS) is 1. The number of rotatable bonds is 2. The molecule has 0 radical (unpaired) electrons. The van der Waals surface area contributed by atoms with Crippen molar-refractivity contribution in [3.05, 3.63) is 58.4 Å². The fourth-order valence-electron chi connectivity index (χ4n) is 2.30. The molecule has 0 bridgehead atoms. The summed E-state index contributed by atoms with van der Waals surface area (Å²) in [5, 5.41) is 10.8. The summed E-state index contributed by atoms with van der Waals surface area (Å²) >= 11 is 0. The van der Waals surface area contributed by atoms with Gasteiger partial charge in [-0.05, 0) is 11.6 Å². The molecule has 1 heterocycles. The zero-order chi connectivity index (χ0) is 13.4. The van der Waals surface area contributed by atoms with Crippen LogP contribution in [-0.2, 0) is 11.2 Å². The van der Waals surface area contributed by atoms with Crippen LogP contribution in [0.2, 0.25) is 0 Å². The maximum absolute atomic E-state index is 12.0. The van der Waals surface area contributed by atoms with E-state index in [1.807, 2.05) is 12.1 Å². The molecule has 19 heavy (non-hydrogen) atoms. The molecule has 3 aromatic rings. The second kappa shape index (κ2) is 4.24. The summed E-state index contributed by atoms with van der Waals surface area (Å²) in [7, 11) is 0. The van der Waals surface area contributed by atoms with E-state index in [4.69, 9.17) is 9.52 Å². The van der Waals surface area contributed by atoms with Gasteiger partial charge in [0.2, 0.25) is 0 Å². The second-order valence-corrected chi connectivity index (χ2v) is 4.30. The minimum atomic E-state index is -0.972. The predicted molar refractivity (Wildman–Crippen MR) is 71.3 cm³/mol. The van der Waals surface area contributed by atoms with E-state index in [1.54, 1.807) is 30.3 Å². The highest BCUT2D eigenvalue weighted by Gasteiger charge is 2.12. The van der Waals surface area contributed by atoms with Crippen molar-refractivity contribution in [3.63, 3.8) is 0 Å². The molecule has 94 valence electrons. The smallest absolute Gasteiger partial charge is 0.344 e. The third-order valence-electron chi connectivity index (χ3n) is 3.08. The van der Waals surface area contributed by atoms with Gasteiger partial charge in [-0.25, -0.2) is 4.79 Å². The summed E-state index contributed by atoms with van der Waals surface area (Å²) in [5.41, 5.74) is 0.488. The first-order valence-electron chi connectivity index (χ1n) is 5.82. The normalized spacial score (nSPS) is 10.9.